The zero-order valence-electron chi connectivity index (χ0n) is 8.84. The van der Waals surface area contributed by atoms with E-state index in [4.69, 9.17) is 5.73 Å². The third-order valence-corrected chi connectivity index (χ3v) is 3.34. The molecule has 2 N–H and O–H groups in total. The molecule has 0 aliphatic carbocycles. The second-order valence-corrected chi connectivity index (χ2v) is 4.32. The minimum Gasteiger partial charge on any atom is -0.322 e. The Bertz CT molecular complexity index is 446. The highest BCUT2D eigenvalue weighted by Crippen LogP contribution is 2.24. The van der Waals surface area contributed by atoms with E-state index in [2.05, 4.69) is 17.0 Å². The summed E-state index contributed by atoms with van der Waals surface area (Å²) >= 11 is 1.61. The molecule has 15 heavy (non-hydrogen) atoms. The van der Waals surface area contributed by atoms with Crippen LogP contribution in [0.1, 0.15) is 24.4 Å². The van der Waals surface area contributed by atoms with E-state index in [1.165, 1.54) is 0 Å². The molecule has 0 amide bonds. The highest BCUT2D eigenvalue weighted by Gasteiger charge is 2.11. The Hall–Kier alpha value is -1.20. The number of aryl methyl sites for hydroxylation is 1. The van der Waals surface area contributed by atoms with Gasteiger partial charge < -0.3 is 5.73 Å². The number of nitrogens with two attached hydrogens (primary N) is 1. The van der Waals surface area contributed by atoms with Crippen LogP contribution in [0.2, 0.25) is 0 Å². The third-order valence-electron chi connectivity index (χ3n) is 2.36. The summed E-state index contributed by atoms with van der Waals surface area (Å²) < 4.78 is 1.82. The van der Waals surface area contributed by atoms with E-state index in [1.54, 1.807) is 17.5 Å². The van der Waals surface area contributed by atoms with Crippen molar-refractivity contribution < 1.29 is 0 Å². The highest BCUT2D eigenvalue weighted by molar-refractivity contribution is 7.10. The van der Waals surface area contributed by atoms with Gasteiger partial charge in [-0.2, -0.15) is 5.10 Å². The monoisotopic (exact) mass is 222 g/mol. The summed E-state index contributed by atoms with van der Waals surface area (Å²) in [5, 5.41) is 7.14. The topological polar surface area (TPSA) is 56.7 Å². The average Bonchev–Trinajstić information content (AvgIpc) is 2.84. The normalized spacial score (nSPS) is 13.0. The van der Waals surface area contributed by atoms with Crippen molar-refractivity contribution >= 4 is 11.3 Å². The number of rotatable bonds is 3. The molecule has 0 radical (unpaired) electrons. The lowest BCUT2D eigenvalue weighted by Crippen LogP contribution is -2.08. The van der Waals surface area contributed by atoms with Crippen molar-refractivity contribution in [3.63, 3.8) is 0 Å². The molecular formula is C10H14N4S. The van der Waals surface area contributed by atoms with Gasteiger partial charge in [0, 0.05) is 18.6 Å². The zero-order valence-corrected chi connectivity index (χ0v) is 9.66. The van der Waals surface area contributed by atoms with Gasteiger partial charge in [0.1, 0.15) is 5.01 Å². The highest BCUT2D eigenvalue weighted by atomic mass is 32.1. The van der Waals surface area contributed by atoms with Crippen LogP contribution in [0.4, 0.5) is 0 Å². The van der Waals surface area contributed by atoms with Gasteiger partial charge in [0.05, 0.1) is 17.4 Å². The van der Waals surface area contributed by atoms with Crippen molar-refractivity contribution in [1.29, 1.82) is 0 Å². The van der Waals surface area contributed by atoms with Crippen molar-refractivity contribution in [3.8, 4) is 11.4 Å². The lowest BCUT2D eigenvalue weighted by atomic mass is 10.2. The smallest absolute Gasteiger partial charge is 0.110 e. The molecule has 2 rings (SSSR count). The molecule has 80 valence electrons. The van der Waals surface area contributed by atoms with E-state index in [0.717, 1.165) is 22.8 Å². The van der Waals surface area contributed by atoms with Gasteiger partial charge in [0.15, 0.2) is 0 Å². The van der Waals surface area contributed by atoms with Crippen molar-refractivity contribution in [3.05, 3.63) is 22.7 Å². The van der Waals surface area contributed by atoms with Crippen LogP contribution in [0.15, 0.2) is 17.6 Å². The Morgan fingerprint density at radius 3 is 3.00 bits per heavy atom. The number of thiazole rings is 1. The summed E-state index contributed by atoms with van der Waals surface area (Å²) in [4.78, 5) is 4.52. The van der Waals surface area contributed by atoms with E-state index in [9.17, 15) is 0 Å². The molecule has 0 saturated carbocycles. The SMILES string of the molecule is CCC(N)c1nc(-c2ccnn2C)cs1. The number of aromatic nitrogens is 3. The molecule has 2 aromatic rings. The molecule has 0 aromatic carbocycles. The fourth-order valence-electron chi connectivity index (χ4n) is 1.38. The zero-order chi connectivity index (χ0) is 10.8. The van der Waals surface area contributed by atoms with Gasteiger partial charge in [-0.15, -0.1) is 11.3 Å². The lowest BCUT2D eigenvalue weighted by Gasteiger charge is -2.02. The Morgan fingerprint density at radius 1 is 1.60 bits per heavy atom. The number of hydrogen-bond donors (Lipinski definition) is 1. The maximum absolute atomic E-state index is 5.92. The van der Waals surface area contributed by atoms with Crippen LogP contribution >= 0.6 is 11.3 Å². The first-order valence-corrected chi connectivity index (χ1v) is 5.79. The molecule has 5 heteroatoms. The van der Waals surface area contributed by atoms with Crippen molar-refractivity contribution in [2.45, 2.75) is 19.4 Å². The minimum atomic E-state index is 0.0528. The number of hydrogen-bond acceptors (Lipinski definition) is 4. The molecule has 2 aromatic heterocycles. The second kappa shape index (κ2) is 4.12. The predicted octanol–water partition coefficient (Wildman–Crippen LogP) is 1.95. The predicted molar refractivity (Wildman–Crippen MR) is 61.5 cm³/mol. The van der Waals surface area contributed by atoms with E-state index in [1.807, 2.05) is 23.2 Å². The van der Waals surface area contributed by atoms with Gasteiger partial charge in [-0.25, -0.2) is 4.98 Å². The molecule has 0 bridgehead atoms. The Labute approximate surface area is 92.8 Å². The van der Waals surface area contributed by atoms with Crippen LogP contribution < -0.4 is 5.73 Å². The van der Waals surface area contributed by atoms with Gasteiger partial charge in [-0.1, -0.05) is 6.92 Å². The van der Waals surface area contributed by atoms with Crippen LogP contribution in [0.3, 0.4) is 0 Å². The summed E-state index contributed by atoms with van der Waals surface area (Å²) in [5.74, 6) is 0. The van der Waals surface area contributed by atoms with Crippen LogP contribution in [-0.4, -0.2) is 14.8 Å². The van der Waals surface area contributed by atoms with Crippen molar-refractivity contribution in [1.82, 2.24) is 14.8 Å². The van der Waals surface area contributed by atoms with Crippen molar-refractivity contribution in [2.24, 2.45) is 12.8 Å². The molecule has 1 atom stereocenters. The first kappa shape index (κ1) is 10.3. The summed E-state index contributed by atoms with van der Waals surface area (Å²) in [7, 11) is 1.91. The van der Waals surface area contributed by atoms with Crippen LogP contribution in [0, 0.1) is 0 Å². The Balaban J connectivity index is 2.32. The average molecular weight is 222 g/mol. The Kier molecular flexibility index (Phi) is 2.83. The fourth-order valence-corrected chi connectivity index (χ4v) is 2.27. The first-order valence-electron chi connectivity index (χ1n) is 4.91. The largest absolute Gasteiger partial charge is 0.322 e. The van der Waals surface area contributed by atoms with Crippen LogP contribution in [-0.2, 0) is 7.05 Å². The molecule has 4 nitrogen and oxygen atoms in total. The van der Waals surface area contributed by atoms with E-state index in [0.29, 0.717) is 0 Å². The summed E-state index contributed by atoms with van der Waals surface area (Å²) in [5.41, 5.74) is 7.91. The van der Waals surface area contributed by atoms with Gasteiger partial charge >= 0.3 is 0 Å². The molecule has 0 aliphatic heterocycles. The summed E-state index contributed by atoms with van der Waals surface area (Å²) in [6.07, 6.45) is 2.69. The summed E-state index contributed by atoms with van der Waals surface area (Å²) in [6.45, 7) is 2.07. The van der Waals surface area contributed by atoms with E-state index < -0.39 is 0 Å². The minimum absolute atomic E-state index is 0.0528. The summed E-state index contributed by atoms with van der Waals surface area (Å²) in [6, 6.07) is 2.01. The second-order valence-electron chi connectivity index (χ2n) is 3.43. The van der Waals surface area contributed by atoms with E-state index in [-0.39, 0.29) is 6.04 Å². The molecule has 0 saturated heterocycles. The quantitative estimate of drug-likeness (QED) is 0.863. The molecule has 1 unspecified atom stereocenters. The standard InChI is InChI=1S/C10H14N4S/c1-3-7(11)10-13-8(6-15-10)9-4-5-12-14(9)2/h4-7H,3,11H2,1-2H3. The molecule has 0 fully saturated rings. The van der Waals surface area contributed by atoms with Crippen LogP contribution in [0.25, 0.3) is 11.4 Å². The Morgan fingerprint density at radius 2 is 2.40 bits per heavy atom. The van der Waals surface area contributed by atoms with Gasteiger partial charge in [-0.3, -0.25) is 4.68 Å². The maximum Gasteiger partial charge on any atom is 0.110 e. The van der Waals surface area contributed by atoms with Gasteiger partial charge in [-0.05, 0) is 12.5 Å². The van der Waals surface area contributed by atoms with Gasteiger partial charge in [0.2, 0.25) is 0 Å². The third kappa shape index (κ3) is 1.93. The van der Waals surface area contributed by atoms with Gasteiger partial charge in [0.25, 0.3) is 0 Å². The first-order chi connectivity index (χ1) is 7.22. The fraction of sp³-hybridized carbons (Fsp3) is 0.400. The van der Waals surface area contributed by atoms with Crippen LogP contribution in [0.5, 0.6) is 0 Å². The molecule has 0 aliphatic rings. The maximum atomic E-state index is 5.92. The number of nitrogens with zero attached hydrogens (tertiary/aromatic N) is 3. The molecule has 2 heterocycles. The molecule has 0 spiro atoms. The molecular weight excluding hydrogens is 208 g/mol. The lowest BCUT2D eigenvalue weighted by molar-refractivity contribution is 0.692. The van der Waals surface area contributed by atoms with Crippen molar-refractivity contribution in [2.75, 3.05) is 0 Å². The van der Waals surface area contributed by atoms with E-state index >= 15 is 0 Å².